The van der Waals surface area contributed by atoms with Crippen LogP contribution in [0, 0.1) is 0 Å². The molecule has 0 aromatic carbocycles. The highest BCUT2D eigenvalue weighted by atomic mass is 16.1. The van der Waals surface area contributed by atoms with E-state index in [0.29, 0.717) is 12.4 Å². The van der Waals surface area contributed by atoms with E-state index in [0.717, 1.165) is 18.8 Å². The van der Waals surface area contributed by atoms with Gasteiger partial charge in [-0.3, -0.25) is 4.79 Å². The summed E-state index contributed by atoms with van der Waals surface area (Å²) in [5.41, 5.74) is 5.18. The van der Waals surface area contributed by atoms with E-state index in [2.05, 4.69) is 22.2 Å². The van der Waals surface area contributed by atoms with Gasteiger partial charge in [0.2, 0.25) is 5.91 Å². The molecule has 1 heterocycles. The molecule has 0 fully saturated rings. The summed E-state index contributed by atoms with van der Waals surface area (Å²) >= 11 is 0. The van der Waals surface area contributed by atoms with Crippen molar-refractivity contribution in [2.45, 2.75) is 20.3 Å². The number of amides is 1. The third-order valence-corrected chi connectivity index (χ3v) is 2.26. The molecule has 0 unspecified atom stereocenters. The number of anilines is 2. The molecular weight excluding hydrogens is 218 g/mol. The lowest BCUT2D eigenvalue weighted by Gasteiger charge is -2.20. The maximum absolute atomic E-state index is 10.9. The molecule has 17 heavy (non-hydrogen) atoms. The predicted molar refractivity (Wildman–Crippen MR) is 67.9 cm³/mol. The van der Waals surface area contributed by atoms with Gasteiger partial charge >= 0.3 is 0 Å². The number of nitrogens with two attached hydrogens (primary N) is 1. The second kappa shape index (κ2) is 6.67. The van der Waals surface area contributed by atoms with Crippen LogP contribution in [-0.4, -0.2) is 35.5 Å². The van der Waals surface area contributed by atoms with Crippen LogP contribution in [0.4, 0.5) is 11.6 Å². The van der Waals surface area contributed by atoms with Crippen molar-refractivity contribution in [2.75, 3.05) is 29.9 Å². The lowest BCUT2D eigenvalue weighted by molar-refractivity contribution is -0.116. The minimum absolute atomic E-state index is 0.167. The van der Waals surface area contributed by atoms with E-state index in [9.17, 15) is 4.79 Å². The van der Waals surface area contributed by atoms with Gasteiger partial charge in [-0.25, -0.2) is 9.97 Å². The van der Waals surface area contributed by atoms with Crippen LogP contribution < -0.4 is 16.0 Å². The van der Waals surface area contributed by atoms with Crippen molar-refractivity contribution in [3.8, 4) is 0 Å². The van der Waals surface area contributed by atoms with Crippen LogP contribution in [0.1, 0.15) is 20.3 Å². The van der Waals surface area contributed by atoms with Gasteiger partial charge in [0.1, 0.15) is 18.0 Å². The molecule has 1 rings (SSSR count). The number of carbonyl (C=O) groups is 1. The van der Waals surface area contributed by atoms with Gasteiger partial charge in [-0.15, -0.1) is 0 Å². The fraction of sp³-hybridized carbons (Fsp3) is 0.545. The average molecular weight is 237 g/mol. The first kappa shape index (κ1) is 13.2. The molecule has 0 aliphatic heterocycles. The molecule has 0 bridgehead atoms. The smallest absolute Gasteiger partial charge is 0.236 e. The number of aromatic nitrogens is 2. The molecule has 0 radical (unpaired) electrons. The number of nitrogens with zero attached hydrogens (tertiary/aromatic N) is 3. The van der Waals surface area contributed by atoms with Crippen molar-refractivity contribution in [1.29, 1.82) is 0 Å². The second-order valence-electron chi connectivity index (χ2n) is 3.67. The molecule has 0 spiro atoms. The minimum atomic E-state index is -0.367. The number of likely N-dealkylation sites (N-methyl/N-ethyl adjacent to an activating group) is 1. The van der Waals surface area contributed by atoms with Crippen LogP contribution in [-0.2, 0) is 4.79 Å². The van der Waals surface area contributed by atoms with Gasteiger partial charge in [0, 0.05) is 19.2 Å². The summed E-state index contributed by atoms with van der Waals surface area (Å²) in [7, 11) is 0. The first-order valence-electron chi connectivity index (χ1n) is 5.76. The Morgan fingerprint density at radius 3 is 2.82 bits per heavy atom. The largest absolute Gasteiger partial charge is 0.370 e. The van der Waals surface area contributed by atoms with E-state index in [1.54, 1.807) is 4.90 Å². The van der Waals surface area contributed by atoms with Crippen molar-refractivity contribution < 1.29 is 4.79 Å². The van der Waals surface area contributed by atoms with E-state index >= 15 is 0 Å². The Labute approximate surface area is 101 Å². The number of hydrogen-bond acceptors (Lipinski definition) is 5. The Kier molecular flexibility index (Phi) is 5.19. The molecule has 6 heteroatoms. The van der Waals surface area contributed by atoms with Crippen LogP contribution >= 0.6 is 0 Å². The van der Waals surface area contributed by atoms with Gasteiger partial charge in [-0.05, 0) is 13.3 Å². The van der Waals surface area contributed by atoms with Crippen molar-refractivity contribution in [1.82, 2.24) is 9.97 Å². The van der Waals surface area contributed by atoms with Crippen molar-refractivity contribution in [2.24, 2.45) is 5.73 Å². The van der Waals surface area contributed by atoms with Crippen LogP contribution in [0.3, 0.4) is 0 Å². The standard InChI is InChI=1S/C11H19N5O/c1-3-5-13-10-6-11(15-8-14-10)16(4-2)7-9(12)17/h6,8H,3-5,7H2,1-2H3,(H2,12,17)(H,13,14,15). The van der Waals surface area contributed by atoms with Gasteiger partial charge in [-0.1, -0.05) is 6.92 Å². The van der Waals surface area contributed by atoms with E-state index in [1.807, 2.05) is 13.0 Å². The summed E-state index contributed by atoms with van der Waals surface area (Å²) in [6, 6.07) is 1.82. The van der Waals surface area contributed by atoms with Crippen LogP contribution in [0.2, 0.25) is 0 Å². The third-order valence-electron chi connectivity index (χ3n) is 2.26. The van der Waals surface area contributed by atoms with E-state index in [-0.39, 0.29) is 12.5 Å². The Morgan fingerprint density at radius 2 is 2.24 bits per heavy atom. The summed E-state index contributed by atoms with van der Waals surface area (Å²) < 4.78 is 0. The fourth-order valence-corrected chi connectivity index (χ4v) is 1.41. The number of carbonyl (C=O) groups excluding carboxylic acids is 1. The zero-order chi connectivity index (χ0) is 12.7. The van der Waals surface area contributed by atoms with Crippen molar-refractivity contribution in [3.05, 3.63) is 12.4 Å². The summed E-state index contributed by atoms with van der Waals surface area (Å²) in [5, 5.41) is 3.17. The molecule has 1 aromatic rings. The van der Waals surface area contributed by atoms with E-state index in [1.165, 1.54) is 6.33 Å². The summed E-state index contributed by atoms with van der Waals surface area (Å²) in [4.78, 5) is 21.0. The summed E-state index contributed by atoms with van der Waals surface area (Å²) in [6.07, 6.45) is 2.51. The first-order valence-corrected chi connectivity index (χ1v) is 5.76. The predicted octanol–water partition coefficient (Wildman–Crippen LogP) is 0.610. The summed E-state index contributed by atoms with van der Waals surface area (Å²) in [5.74, 6) is 1.10. The Balaban J connectivity index is 2.77. The molecule has 0 aliphatic rings. The minimum Gasteiger partial charge on any atom is -0.370 e. The summed E-state index contributed by atoms with van der Waals surface area (Å²) in [6.45, 7) is 5.73. The first-order chi connectivity index (χ1) is 8.17. The van der Waals surface area contributed by atoms with Gasteiger partial charge in [0.15, 0.2) is 0 Å². The molecule has 1 aromatic heterocycles. The van der Waals surface area contributed by atoms with E-state index in [4.69, 9.17) is 5.73 Å². The number of primary amides is 1. The highest BCUT2D eigenvalue weighted by Crippen LogP contribution is 2.13. The Morgan fingerprint density at radius 1 is 1.47 bits per heavy atom. The molecule has 3 N–H and O–H groups in total. The Hall–Kier alpha value is -1.85. The lowest BCUT2D eigenvalue weighted by Crippen LogP contribution is -2.34. The van der Waals surface area contributed by atoms with Gasteiger partial charge < -0.3 is 16.0 Å². The van der Waals surface area contributed by atoms with E-state index < -0.39 is 0 Å². The third kappa shape index (κ3) is 4.26. The molecule has 1 amide bonds. The van der Waals surface area contributed by atoms with Gasteiger partial charge in [0.05, 0.1) is 6.54 Å². The molecule has 0 saturated carbocycles. The molecule has 0 saturated heterocycles. The quantitative estimate of drug-likeness (QED) is 0.726. The Bertz CT molecular complexity index is 369. The second-order valence-corrected chi connectivity index (χ2v) is 3.67. The fourth-order valence-electron chi connectivity index (χ4n) is 1.41. The topological polar surface area (TPSA) is 84.1 Å². The van der Waals surface area contributed by atoms with Crippen molar-refractivity contribution >= 4 is 17.5 Å². The lowest BCUT2D eigenvalue weighted by atomic mass is 10.4. The maximum atomic E-state index is 10.9. The maximum Gasteiger partial charge on any atom is 0.236 e. The van der Waals surface area contributed by atoms with Crippen molar-refractivity contribution in [3.63, 3.8) is 0 Å². The van der Waals surface area contributed by atoms with Gasteiger partial charge in [-0.2, -0.15) is 0 Å². The van der Waals surface area contributed by atoms with Crippen LogP contribution in [0.5, 0.6) is 0 Å². The average Bonchev–Trinajstić information content (AvgIpc) is 2.33. The zero-order valence-corrected chi connectivity index (χ0v) is 10.3. The molecule has 6 nitrogen and oxygen atoms in total. The highest BCUT2D eigenvalue weighted by molar-refractivity contribution is 5.79. The normalized spacial score (nSPS) is 10.0. The molecule has 0 atom stereocenters. The number of hydrogen-bond donors (Lipinski definition) is 2. The molecular formula is C11H19N5O. The highest BCUT2D eigenvalue weighted by Gasteiger charge is 2.09. The SMILES string of the molecule is CCCNc1cc(N(CC)CC(N)=O)ncn1. The van der Waals surface area contributed by atoms with Gasteiger partial charge in [0.25, 0.3) is 0 Å². The monoisotopic (exact) mass is 237 g/mol. The zero-order valence-electron chi connectivity index (χ0n) is 10.3. The molecule has 0 aliphatic carbocycles. The molecule has 94 valence electrons. The number of rotatable bonds is 7. The number of nitrogens with one attached hydrogen (secondary N) is 1. The van der Waals surface area contributed by atoms with Crippen LogP contribution in [0.15, 0.2) is 12.4 Å². The van der Waals surface area contributed by atoms with Crippen LogP contribution in [0.25, 0.3) is 0 Å².